The predicted octanol–water partition coefficient (Wildman–Crippen LogP) is 3.16. The third kappa shape index (κ3) is 4.77. The van der Waals surface area contributed by atoms with Crippen molar-refractivity contribution in [3.63, 3.8) is 0 Å². The summed E-state index contributed by atoms with van der Waals surface area (Å²) in [7, 11) is 1.99. The fourth-order valence-electron chi connectivity index (χ4n) is 2.28. The lowest BCUT2D eigenvalue weighted by molar-refractivity contribution is -0.118. The molecule has 122 valence electrons. The largest absolute Gasteiger partial charge is 0.374 e. The van der Waals surface area contributed by atoms with Gasteiger partial charge in [0.15, 0.2) is 0 Å². The normalized spacial score (nSPS) is 10.4. The van der Waals surface area contributed by atoms with Gasteiger partial charge in [0.1, 0.15) is 5.82 Å². The van der Waals surface area contributed by atoms with Crippen LogP contribution in [0.15, 0.2) is 36.5 Å². The van der Waals surface area contributed by atoms with Gasteiger partial charge in [0.2, 0.25) is 5.91 Å². The van der Waals surface area contributed by atoms with Gasteiger partial charge in [0.25, 0.3) is 0 Å². The summed E-state index contributed by atoms with van der Waals surface area (Å²) in [6.07, 6.45) is 2.58. The van der Waals surface area contributed by atoms with E-state index in [9.17, 15) is 9.18 Å². The second-order valence-electron chi connectivity index (χ2n) is 5.62. The number of benzene rings is 1. The zero-order chi connectivity index (χ0) is 16.8. The minimum atomic E-state index is -0.224. The van der Waals surface area contributed by atoms with Crippen LogP contribution in [0.2, 0.25) is 0 Å². The maximum Gasteiger partial charge on any atom is 0.216 e. The van der Waals surface area contributed by atoms with Gasteiger partial charge < -0.3 is 10.2 Å². The van der Waals surface area contributed by atoms with Crippen molar-refractivity contribution < 1.29 is 9.18 Å². The number of hydrogen-bond donors (Lipinski definition) is 1. The van der Waals surface area contributed by atoms with E-state index in [1.165, 1.54) is 13.0 Å². The highest BCUT2D eigenvalue weighted by molar-refractivity contribution is 5.72. The third-order valence-electron chi connectivity index (χ3n) is 3.70. The first kappa shape index (κ1) is 16.9. The molecule has 4 nitrogen and oxygen atoms in total. The molecule has 0 aliphatic rings. The molecule has 0 radical (unpaired) electrons. The van der Waals surface area contributed by atoms with Gasteiger partial charge in [-0.15, -0.1) is 0 Å². The minimum absolute atomic E-state index is 0.0137. The van der Waals surface area contributed by atoms with Gasteiger partial charge in [-0.05, 0) is 37.1 Å². The Hall–Kier alpha value is -2.43. The molecule has 2 rings (SSSR count). The van der Waals surface area contributed by atoms with Crippen molar-refractivity contribution in [1.82, 2.24) is 10.3 Å². The molecule has 0 spiro atoms. The molecule has 1 heterocycles. The van der Waals surface area contributed by atoms with E-state index in [1.807, 2.05) is 25.2 Å². The van der Waals surface area contributed by atoms with Crippen LogP contribution in [-0.4, -0.2) is 31.0 Å². The van der Waals surface area contributed by atoms with E-state index in [1.54, 1.807) is 19.2 Å². The smallest absolute Gasteiger partial charge is 0.216 e. The number of halogens is 1. The summed E-state index contributed by atoms with van der Waals surface area (Å²) in [5, 5.41) is 2.78. The van der Waals surface area contributed by atoms with E-state index in [-0.39, 0.29) is 11.7 Å². The number of hydrogen-bond acceptors (Lipinski definition) is 3. The van der Waals surface area contributed by atoms with Gasteiger partial charge in [-0.3, -0.25) is 9.78 Å². The monoisotopic (exact) mass is 315 g/mol. The van der Waals surface area contributed by atoms with Crippen LogP contribution in [0.1, 0.15) is 18.9 Å². The number of rotatable bonds is 6. The van der Waals surface area contributed by atoms with Crippen molar-refractivity contribution in [3.05, 3.63) is 47.9 Å². The number of carbonyl (C=O) groups excluding carboxylic acids is 1. The van der Waals surface area contributed by atoms with Crippen LogP contribution in [0, 0.1) is 12.7 Å². The average molecular weight is 315 g/mol. The summed E-state index contributed by atoms with van der Waals surface area (Å²) in [6, 6.07) is 9.02. The Morgan fingerprint density at radius 1 is 1.30 bits per heavy atom. The predicted molar refractivity (Wildman–Crippen MR) is 90.9 cm³/mol. The highest BCUT2D eigenvalue weighted by Crippen LogP contribution is 2.23. The molecular formula is C18H22FN3O. The number of aromatic nitrogens is 1. The van der Waals surface area contributed by atoms with Gasteiger partial charge in [-0.1, -0.05) is 12.1 Å². The molecule has 2 aromatic rings. The van der Waals surface area contributed by atoms with Crippen molar-refractivity contribution >= 4 is 11.6 Å². The number of nitrogens with zero attached hydrogens (tertiary/aromatic N) is 2. The zero-order valence-corrected chi connectivity index (χ0v) is 13.8. The van der Waals surface area contributed by atoms with Crippen LogP contribution >= 0.6 is 0 Å². The van der Waals surface area contributed by atoms with E-state index in [2.05, 4.69) is 15.2 Å². The first-order valence-electron chi connectivity index (χ1n) is 7.65. The Morgan fingerprint density at radius 3 is 2.78 bits per heavy atom. The lowest BCUT2D eigenvalue weighted by Crippen LogP contribution is -2.26. The molecule has 0 fully saturated rings. The summed E-state index contributed by atoms with van der Waals surface area (Å²) in [5.41, 5.74) is 3.15. The first-order chi connectivity index (χ1) is 11.0. The van der Waals surface area contributed by atoms with E-state index in [0.29, 0.717) is 12.1 Å². The van der Waals surface area contributed by atoms with Gasteiger partial charge in [0, 0.05) is 44.5 Å². The van der Waals surface area contributed by atoms with Crippen molar-refractivity contribution in [3.8, 4) is 11.3 Å². The molecule has 0 unspecified atom stereocenters. The molecular weight excluding hydrogens is 293 g/mol. The van der Waals surface area contributed by atoms with Crippen molar-refractivity contribution in [2.75, 3.05) is 25.0 Å². The maximum atomic E-state index is 13.7. The quantitative estimate of drug-likeness (QED) is 0.833. The molecule has 1 amide bonds. The summed E-state index contributed by atoms with van der Waals surface area (Å²) in [5.74, 6) is -0.237. The topological polar surface area (TPSA) is 45.2 Å². The van der Waals surface area contributed by atoms with Crippen LogP contribution in [0.3, 0.4) is 0 Å². The number of aryl methyl sites for hydroxylation is 1. The van der Waals surface area contributed by atoms with Crippen LogP contribution in [0.4, 0.5) is 10.1 Å². The maximum absolute atomic E-state index is 13.7. The van der Waals surface area contributed by atoms with Gasteiger partial charge in [-0.2, -0.15) is 0 Å². The molecule has 0 atom stereocenters. The lowest BCUT2D eigenvalue weighted by atomic mass is 10.1. The summed E-state index contributed by atoms with van der Waals surface area (Å²) < 4.78 is 13.7. The Morgan fingerprint density at radius 2 is 2.09 bits per heavy atom. The molecule has 0 saturated carbocycles. The fraction of sp³-hybridized carbons (Fsp3) is 0.333. The molecule has 0 bridgehead atoms. The number of pyridine rings is 1. The summed E-state index contributed by atoms with van der Waals surface area (Å²) in [4.78, 5) is 17.3. The van der Waals surface area contributed by atoms with Gasteiger partial charge in [-0.25, -0.2) is 4.39 Å². The van der Waals surface area contributed by atoms with Crippen LogP contribution < -0.4 is 10.2 Å². The van der Waals surface area contributed by atoms with Crippen molar-refractivity contribution in [1.29, 1.82) is 0 Å². The Balaban J connectivity index is 2.06. The number of nitrogens with one attached hydrogen (secondary N) is 1. The van der Waals surface area contributed by atoms with Gasteiger partial charge in [0.05, 0.1) is 5.69 Å². The molecule has 1 N–H and O–H groups in total. The Bertz CT molecular complexity index is 688. The Labute approximate surface area is 136 Å². The molecule has 0 aliphatic heterocycles. The first-order valence-corrected chi connectivity index (χ1v) is 7.65. The highest BCUT2D eigenvalue weighted by Gasteiger charge is 2.07. The van der Waals surface area contributed by atoms with E-state index in [0.717, 1.165) is 29.9 Å². The molecule has 1 aromatic carbocycles. The molecule has 0 aliphatic carbocycles. The van der Waals surface area contributed by atoms with Crippen molar-refractivity contribution in [2.24, 2.45) is 0 Å². The summed E-state index contributed by atoms with van der Waals surface area (Å²) in [6.45, 7) is 4.72. The molecule has 0 saturated heterocycles. The lowest BCUT2D eigenvalue weighted by Gasteiger charge is -2.20. The third-order valence-corrected chi connectivity index (χ3v) is 3.70. The second-order valence-corrected chi connectivity index (χ2v) is 5.62. The number of carbonyl (C=O) groups is 1. The zero-order valence-electron chi connectivity index (χ0n) is 13.8. The second kappa shape index (κ2) is 7.72. The number of amides is 1. The van der Waals surface area contributed by atoms with E-state index in [4.69, 9.17) is 0 Å². The summed E-state index contributed by atoms with van der Waals surface area (Å²) >= 11 is 0. The van der Waals surface area contributed by atoms with Crippen LogP contribution in [0.5, 0.6) is 0 Å². The minimum Gasteiger partial charge on any atom is -0.374 e. The van der Waals surface area contributed by atoms with E-state index >= 15 is 0 Å². The highest BCUT2D eigenvalue weighted by atomic mass is 19.1. The van der Waals surface area contributed by atoms with Crippen molar-refractivity contribution in [2.45, 2.75) is 20.3 Å². The fourth-order valence-corrected chi connectivity index (χ4v) is 2.28. The average Bonchev–Trinajstić information content (AvgIpc) is 2.54. The SMILES string of the molecule is CC(=O)NCCCN(C)c1ccnc(-c2ccc(C)c(F)c2)c1. The molecule has 1 aromatic heterocycles. The molecule has 5 heteroatoms. The van der Waals surface area contributed by atoms with Crippen LogP contribution in [-0.2, 0) is 4.79 Å². The van der Waals surface area contributed by atoms with Crippen LogP contribution in [0.25, 0.3) is 11.3 Å². The van der Waals surface area contributed by atoms with Gasteiger partial charge >= 0.3 is 0 Å². The molecule has 23 heavy (non-hydrogen) atoms. The number of anilines is 1. The Kier molecular flexibility index (Phi) is 5.68. The van der Waals surface area contributed by atoms with E-state index < -0.39 is 0 Å². The standard InChI is InChI=1S/C18H22FN3O/c1-13-5-6-15(11-17(13)19)18-12-16(7-9-21-18)22(3)10-4-8-20-14(2)23/h5-7,9,11-12H,4,8,10H2,1-3H3,(H,20,23).